The molecule has 1 aromatic heterocycles. The summed E-state index contributed by atoms with van der Waals surface area (Å²) in [6.07, 6.45) is 2.38. The molecule has 1 amide bonds. The van der Waals surface area contributed by atoms with E-state index in [9.17, 15) is 13.2 Å². The van der Waals surface area contributed by atoms with Gasteiger partial charge in [-0.05, 0) is 36.4 Å². The lowest BCUT2D eigenvalue weighted by Crippen LogP contribution is -2.27. The first-order chi connectivity index (χ1) is 13.9. The number of ether oxygens (including phenoxy) is 1. The van der Waals surface area contributed by atoms with Crippen molar-refractivity contribution in [3.05, 3.63) is 70.7 Å². The lowest BCUT2D eigenvalue weighted by atomic mass is 10.2. The molecule has 0 unspecified atom stereocenters. The largest absolute Gasteiger partial charge is 0.495 e. The minimum Gasteiger partial charge on any atom is -0.495 e. The standard InChI is InChI=1S/C20H21N3O4S2/c1-23(17-5-3-4-6-18(17)27-2)29(25,26)16-9-7-15(8-10-16)20(24)22-12-11-19-21-13-14-28-19/h3-10,13-14H,11-12H2,1-2H3,(H,22,24). The number of nitrogens with zero attached hydrogens (tertiary/aromatic N) is 2. The van der Waals surface area contributed by atoms with Gasteiger partial charge in [-0.3, -0.25) is 9.10 Å². The molecule has 9 heteroatoms. The highest BCUT2D eigenvalue weighted by Crippen LogP contribution is 2.30. The average Bonchev–Trinajstić information content (AvgIpc) is 3.26. The number of methoxy groups -OCH3 is 1. The van der Waals surface area contributed by atoms with E-state index in [1.54, 1.807) is 30.5 Å². The van der Waals surface area contributed by atoms with Crippen LogP contribution in [0.25, 0.3) is 0 Å². The number of hydrogen-bond acceptors (Lipinski definition) is 6. The smallest absolute Gasteiger partial charge is 0.264 e. The molecule has 0 saturated heterocycles. The number of amides is 1. The Hall–Kier alpha value is -2.91. The van der Waals surface area contributed by atoms with Gasteiger partial charge >= 0.3 is 0 Å². The van der Waals surface area contributed by atoms with Gasteiger partial charge in [-0.25, -0.2) is 13.4 Å². The number of nitrogens with one attached hydrogen (secondary N) is 1. The van der Waals surface area contributed by atoms with Gasteiger partial charge in [0.1, 0.15) is 5.75 Å². The number of rotatable bonds is 8. The molecule has 0 aliphatic rings. The van der Waals surface area contributed by atoms with E-state index in [2.05, 4.69) is 10.3 Å². The summed E-state index contributed by atoms with van der Waals surface area (Å²) in [5, 5.41) is 5.65. The summed E-state index contributed by atoms with van der Waals surface area (Å²) in [5.41, 5.74) is 0.821. The number of benzene rings is 2. The number of aromatic nitrogens is 1. The molecule has 3 aromatic rings. The third-order valence-corrected chi connectivity index (χ3v) is 6.93. The molecule has 1 heterocycles. The van der Waals surface area contributed by atoms with Crippen LogP contribution < -0.4 is 14.4 Å². The topological polar surface area (TPSA) is 88.6 Å². The Morgan fingerprint density at radius 1 is 1.17 bits per heavy atom. The normalized spacial score (nSPS) is 11.1. The maximum atomic E-state index is 12.9. The Morgan fingerprint density at radius 2 is 1.90 bits per heavy atom. The van der Waals surface area contributed by atoms with Crippen molar-refractivity contribution in [3.63, 3.8) is 0 Å². The summed E-state index contributed by atoms with van der Waals surface area (Å²) in [4.78, 5) is 16.5. The number of anilines is 1. The van der Waals surface area contributed by atoms with E-state index in [-0.39, 0.29) is 10.8 Å². The van der Waals surface area contributed by atoms with E-state index < -0.39 is 10.0 Å². The summed E-state index contributed by atoms with van der Waals surface area (Å²) < 4.78 is 32.3. The number of carbonyl (C=O) groups excluding carboxylic acids is 1. The first-order valence-corrected chi connectivity index (χ1v) is 11.1. The summed E-state index contributed by atoms with van der Waals surface area (Å²) in [6, 6.07) is 12.7. The van der Waals surface area contributed by atoms with Crippen LogP contribution in [-0.4, -0.2) is 40.0 Å². The number of hydrogen-bond donors (Lipinski definition) is 1. The van der Waals surface area contributed by atoms with Gasteiger partial charge < -0.3 is 10.1 Å². The monoisotopic (exact) mass is 431 g/mol. The second-order valence-electron chi connectivity index (χ2n) is 6.10. The zero-order chi connectivity index (χ0) is 20.9. The van der Waals surface area contributed by atoms with Crippen LogP contribution in [0.2, 0.25) is 0 Å². The van der Waals surface area contributed by atoms with Gasteiger partial charge in [-0.1, -0.05) is 12.1 Å². The van der Waals surface area contributed by atoms with Crippen LogP contribution in [0.5, 0.6) is 5.75 Å². The van der Waals surface area contributed by atoms with Crippen molar-refractivity contribution in [1.82, 2.24) is 10.3 Å². The molecule has 0 bridgehead atoms. The van der Waals surface area contributed by atoms with Gasteiger partial charge in [0.2, 0.25) is 0 Å². The fourth-order valence-corrected chi connectivity index (χ4v) is 4.54. The predicted molar refractivity (Wildman–Crippen MR) is 113 cm³/mol. The molecule has 3 rings (SSSR count). The Morgan fingerprint density at radius 3 is 2.55 bits per heavy atom. The van der Waals surface area contributed by atoms with Gasteiger partial charge in [-0.2, -0.15) is 0 Å². The van der Waals surface area contributed by atoms with Crippen LogP contribution in [0, 0.1) is 0 Å². The second-order valence-corrected chi connectivity index (χ2v) is 9.05. The van der Waals surface area contributed by atoms with Crippen molar-refractivity contribution in [2.75, 3.05) is 25.0 Å². The van der Waals surface area contributed by atoms with E-state index in [0.29, 0.717) is 30.0 Å². The molecule has 152 valence electrons. The molecule has 0 aliphatic heterocycles. The highest BCUT2D eigenvalue weighted by atomic mass is 32.2. The zero-order valence-corrected chi connectivity index (χ0v) is 17.7. The third-order valence-electron chi connectivity index (χ3n) is 4.31. The number of thiazole rings is 1. The van der Waals surface area contributed by atoms with Crippen molar-refractivity contribution in [3.8, 4) is 5.75 Å². The number of para-hydroxylation sites is 2. The molecule has 0 fully saturated rings. The summed E-state index contributed by atoms with van der Waals surface area (Å²) in [5.74, 6) is 0.193. The molecule has 0 atom stereocenters. The first kappa shape index (κ1) is 20.8. The molecule has 7 nitrogen and oxygen atoms in total. The van der Waals surface area contributed by atoms with Crippen LogP contribution in [0.1, 0.15) is 15.4 Å². The Balaban J connectivity index is 1.70. The van der Waals surface area contributed by atoms with Crippen molar-refractivity contribution < 1.29 is 17.9 Å². The van der Waals surface area contributed by atoms with E-state index in [0.717, 1.165) is 9.31 Å². The van der Waals surface area contributed by atoms with Crippen LogP contribution in [0.15, 0.2) is 65.0 Å². The first-order valence-electron chi connectivity index (χ1n) is 8.82. The van der Waals surface area contributed by atoms with Crippen LogP contribution >= 0.6 is 11.3 Å². The minimum absolute atomic E-state index is 0.0882. The van der Waals surface area contributed by atoms with Crippen LogP contribution in [0.3, 0.4) is 0 Å². The van der Waals surface area contributed by atoms with Crippen molar-refractivity contribution in [2.24, 2.45) is 0 Å². The SMILES string of the molecule is COc1ccccc1N(C)S(=O)(=O)c1ccc(C(=O)NCCc2nccs2)cc1. The third kappa shape index (κ3) is 4.75. The van der Waals surface area contributed by atoms with E-state index in [1.165, 1.54) is 49.8 Å². The molecule has 0 spiro atoms. The highest BCUT2D eigenvalue weighted by Gasteiger charge is 2.23. The molecule has 29 heavy (non-hydrogen) atoms. The highest BCUT2D eigenvalue weighted by molar-refractivity contribution is 7.92. The average molecular weight is 432 g/mol. The summed E-state index contributed by atoms with van der Waals surface area (Å²) >= 11 is 1.54. The van der Waals surface area contributed by atoms with Gasteiger partial charge in [0.05, 0.1) is 22.7 Å². The molecule has 1 N–H and O–H groups in total. The van der Waals surface area contributed by atoms with Crippen molar-refractivity contribution in [1.29, 1.82) is 0 Å². The maximum absolute atomic E-state index is 12.9. The van der Waals surface area contributed by atoms with Gasteiger partial charge in [0.25, 0.3) is 15.9 Å². The second kappa shape index (κ2) is 9.06. The molecular weight excluding hydrogens is 410 g/mol. The molecule has 0 saturated carbocycles. The Bertz CT molecular complexity index is 1070. The zero-order valence-electron chi connectivity index (χ0n) is 16.0. The molecule has 0 aliphatic carbocycles. The minimum atomic E-state index is -3.80. The molecular formula is C20H21N3O4S2. The number of sulfonamides is 1. The lowest BCUT2D eigenvalue weighted by Gasteiger charge is -2.21. The van der Waals surface area contributed by atoms with E-state index in [1.807, 2.05) is 5.38 Å². The van der Waals surface area contributed by atoms with Gasteiger partial charge in [0.15, 0.2) is 0 Å². The maximum Gasteiger partial charge on any atom is 0.264 e. The van der Waals surface area contributed by atoms with Gasteiger partial charge in [0, 0.05) is 37.2 Å². The van der Waals surface area contributed by atoms with Crippen molar-refractivity contribution in [2.45, 2.75) is 11.3 Å². The summed E-state index contributed by atoms with van der Waals surface area (Å²) in [7, 11) is -0.847. The van der Waals surface area contributed by atoms with E-state index in [4.69, 9.17) is 4.74 Å². The van der Waals surface area contributed by atoms with Crippen LogP contribution in [-0.2, 0) is 16.4 Å². The fourth-order valence-electron chi connectivity index (χ4n) is 2.72. The molecule has 0 radical (unpaired) electrons. The summed E-state index contributed by atoms with van der Waals surface area (Å²) in [6.45, 7) is 0.461. The predicted octanol–water partition coefficient (Wildman–Crippen LogP) is 2.95. The van der Waals surface area contributed by atoms with Crippen LogP contribution in [0.4, 0.5) is 5.69 Å². The Labute approximate surface area is 174 Å². The number of carbonyl (C=O) groups is 1. The van der Waals surface area contributed by atoms with E-state index >= 15 is 0 Å². The fraction of sp³-hybridized carbons (Fsp3) is 0.200. The van der Waals surface area contributed by atoms with Crippen molar-refractivity contribution >= 4 is 33.0 Å². The molecule has 2 aromatic carbocycles. The quantitative estimate of drug-likeness (QED) is 0.592. The van der Waals surface area contributed by atoms with Gasteiger partial charge in [-0.15, -0.1) is 11.3 Å². The lowest BCUT2D eigenvalue weighted by molar-refractivity contribution is 0.0954. The Kier molecular flexibility index (Phi) is 6.50.